The van der Waals surface area contributed by atoms with Gasteiger partial charge in [0.1, 0.15) is 6.04 Å². The van der Waals surface area contributed by atoms with Gasteiger partial charge in [0, 0.05) is 45.2 Å². The van der Waals surface area contributed by atoms with Crippen molar-refractivity contribution < 1.29 is 18.0 Å². The molecule has 2 aliphatic rings. The zero-order valence-corrected chi connectivity index (χ0v) is 18.3. The van der Waals surface area contributed by atoms with E-state index in [1.54, 1.807) is 0 Å². The third-order valence-electron chi connectivity index (χ3n) is 6.10. The molecule has 0 radical (unpaired) electrons. The number of alkyl halides is 3. The number of aliphatic imine (C=N–C) groups is 1. The first-order valence-electron chi connectivity index (χ1n) is 11.1. The fourth-order valence-corrected chi connectivity index (χ4v) is 4.03. The molecule has 7 nitrogen and oxygen atoms in total. The summed E-state index contributed by atoms with van der Waals surface area (Å²) in [5.41, 5.74) is 5.37. The maximum Gasteiger partial charge on any atom is 0.403 e. The highest BCUT2D eigenvalue weighted by atomic mass is 19.4. The molecule has 1 unspecified atom stereocenters. The summed E-state index contributed by atoms with van der Waals surface area (Å²) in [5, 5.41) is 3.26. The van der Waals surface area contributed by atoms with E-state index >= 15 is 0 Å². The van der Waals surface area contributed by atoms with Gasteiger partial charge in [-0.2, -0.15) is 13.2 Å². The number of rotatable bonds is 8. The van der Waals surface area contributed by atoms with Crippen LogP contribution in [-0.4, -0.2) is 97.7 Å². The van der Waals surface area contributed by atoms with Crippen LogP contribution in [0.15, 0.2) is 4.99 Å². The molecule has 1 amide bonds. The number of piperidine rings is 1. The summed E-state index contributed by atoms with van der Waals surface area (Å²) in [4.78, 5) is 21.8. The zero-order valence-electron chi connectivity index (χ0n) is 18.3. The van der Waals surface area contributed by atoms with Gasteiger partial charge in [-0.1, -0.05) is 0 Å². The van der Waals surface area contributed by atoms with Gasteiger partial charge in [-0.25, -0.2) is 0 Å². The molecule has 1 atom stereocenters. The van der Waals surface area contributed by atoms with Crippen LogP contribution in [0.3, 0.4) is 0 Å². The van der Waals surface area contributed by atoms with Crippen LogP contribution in [0.4, 0.5) is 13.2 Å². The van der Waals surface area contributed by atoms with Gasteiger partial charge in [0.2, 0.25) is 5.91 Å². The van der Waals surface area contributed by atoms with Crippen molar-refractivity contribution >= 4 is 11.9 Å². The van der Waals surface area contributed by atoms with Gasteiger partial charge in [-0.3, -0.25) is 14.7 Å². The molecule has 0 aromatic carbocycles. The molecule has 0 spiro atoms. The highest BCUT2D eigenvalue weighted by molar-refractivity contribution is 5.80. The fourth-order valence-electron chi connectivity index (χ4n) is 4.03. The van der Waals surface area contributed by atoms with Crippen molar-refractivity contribution in [3.63, 3.8) is 0 Å². The Kier molecular flexibility index (Phi) is 9.67. The molecule has 10 heteroatoms. The number of hydrogen-bond donors (Lipinski definition) is 2. The molecule has 2 fully saturated rings. The van der Waals surface area contributed by atoms with E-state index in [0.717, 1.165) is 57.8 Å². The van der Waals surface area contributed by atoms with E-state index in [-0.39, 0.29) is 11.8 Å². The monoisotopic (exact) mass is 434 g/mol. The predicted octanol–water partition coefficient (Wildman–Crippen LogP) is 1.50. The summed E-state index contributed by atoms with van der Waals surface area (Å²) in [5.74, 6) is 0.626. The Bertz CT molecular complexity index is 555. The summed E-state index contributed by atoms with van der Waals surface area (Å²) in [6.07, 6.45) is -0.513. The van der Waals surface area contributed by atoms with Gasteiger partial charge in [-0.05, 0) is 59.2 Å². The van der Waals surface area contributed by atoms with E-state index < -0.39 is 12.2 Å². The van der Waals surface area contributed by atoms with E-state index in [0.29, 0.717) is 32.7 Å². The van der Waals surface area contributed by atoms with Gasteiger partial charge < -0.3 is 20.9 Å². The van der Waals surface area contributed by atoms with Gasteiger partial charge >= 0.3 is 6.18 Å². The van der Waals surface area contributed by atoms with Gasteiger partial charge in [-0.15, -0.1) is 0 Å². The normalized spacial score (nSPS) is 21.6. The molecular formula is C20H37F3N6O. The smallest absolute Gasteiger partial charge is 0.369 e. The minimum Gasteiger partial charge on any atom is -0.369 e. The van der Waals surface area contributed by atoms with E-state index in [2.05, 4.69) is 20.1 Å². The van der Waals surface area contributed by atoms with Crippen LogP contribution in [0.25, 0.3) is 0 Å². The number of carbonyl (C=O) groups excluding carboxylic acids is 1. The molecule has 2 heterocycles. The molecule has 2 rings (SSSR count). The Hall–Kier alpha value is -1.55. The molecule has 0 aromatic heterocycles. The Balaban J connectivity index is 1.70. The Morgan fingerprint density at radius 3 is 2.30 bits per heavy atom. The second-order valence-corrected chi connectivity index (χ2v) is 8.20. The number of nitrogens with zero attached hydrogens (tertiary/aromatic N) is 4. The molecule has 2 aliphatic heterocycles. The number of amides is 1. The number of halogens is 3. The average Bonchev–Trinajstić information content (AvgIpc) is 2.72. The standard InChI is InChI=1S/C20H37F3N6O/c1-3-25-19(29-14-12-28(13-15-29)16(2)20(21,22)23)26-8-4-5-9-27-10-6-17(7-11-27)18(24)30/h16-17H,3-15H2,1-2H3,(H2,24,30)(H,25,26). The number of carbonyl (C=O) groups is 1. The number of nitrogens with two attached hydrogens (primary N) is 1. The topological polar surface area (TPSA) is 77.2 Å². The zero-order chi connectivity index (χ0) is 22.1. The van der Waals surface area contributed by atoms with E-state index in [1.807, 2.05) is 6.92 Å². The lowest BCUT2D eigenvalue weighted by molar-refractivity contribution is -0.181. The van der Waals surface area contributed by atoms with Crippen molar-refractivity contribution in [3.8, 4) is 0 Å². The summed E-state index contributed by atoms with van der Waals surface area (Å²) in [6.45, 7) is 9.32. The lowest BCUT2D eigenvalue weighted by Crippen LogP contribution is -2.56. The second-order valence-electron chi connectivity index (χ2n) is 8.20. The number of unbranched alkanes of at least 4 members (excludes halogenated alkanes) is 1. The number of hydrogen-bond acceptors (Lipinski definition) is 4. The van der Waals surface area contributed by atoms with Crippen molar-refractivity contribution in [1.82, 2.24) is 20.0 Å². The van der Waals surface area contributed by atoms with Gasteiger partial charge in [0.15, 0.2) is 5.96 Å². The summed E-state index contributed by atoms with van der Waals surface area (Å²) in [6, 6.07) is -1.41. The van der Waals surface area contributed by atoms with Crippen LogP contribution < -0.4 is 11.1 Å². The van der Waals surface area contributed by atoms with Crippen molar-refractivity contribution in [3.05, 3.63) is 0 Å². The van der Waals surface area contributed by atoms with Crippen LogP contribution >= 0.6 is 0 Å². The van der Waals surface area contributed by atoms with Gasteiger partial charge in [0.05, 0.1) is 0 Å². The minimum absolute atomic E-state index is 0.0214. The predicted molar refractivity (Wildman–Crippen MR) is 112 cm³/mol. The lowest BCUT2D eigenvalue weighted by Gasteiger charge is -2.39. The van der Waals surface area contributed by atoms with Crippen molar-refractivity contribution in [1.29, 1.82) is 0 Å². The lowest BCUT2D eigenvalue weighted by atomic mass is 9.96. The number of likely N-dealkylation sites (tertiary alicyclic amines) is 1. The van der Waals surface area contributed by atoms with Crippen LogP contribution in [-0.2, 0) is 4.79 Å². The summed E-state index contributed by atoms with van der Waals surface area (Å²) < 4.78 is 38.8. The Morgan fingerprint density at radius 2 is 1.77 bits per heavy atom. The first kappa shape index (κ1) is 24.7. The fraction of sp³-hybridized carbons (Fsp3) is 0.900. The molecule has 0 bridgehead atoms. The first-order valence-corrected chi connectivity index (χ1v) is 11.1. The molecule has 2 saturated heterocycles. The van der Waals surface area contributed by atoms with Crippen LogP contribution in [0.2, 0.25) is 0 Å². The first-order chi connectivity index (χ1) is 14.2. The second kappa shape index (κ2) is 11.7. The SMILES string of the molecule is CCNC(=NCCCCN1CCC(C(N)=O)CC1)N1CCN(C(C)C(F)(F)F)CC1. The molecule has 30 heavy (non-hydrogen) atoms. The third-order valence-corrected chi connectivity index (χ3v) is 6.10. The average molecular weight is 435 g/mol. The Morgan fingerprint density at radius 1 is 1.13 bits per heavy atom. The maximum atomic E-state index is 12.9. The highest BCUT2D eigenvalue weighted by Crippen LogP contribution is 2.25. The summed E-state index contributed by atoms with van der Waals surface area (Å²) in [7, 11) is 0. The van der Waals surface area contributed by atoms with Crippen molar-refractivity contribution in [2.45, 2.75) is 51.7 Å². The van der Waals surface area contributed by atoms with Crippen LogP contribution in [0, 0.1) is 5.92 Å². The van der Waals surface area contributed by atoms with Crippen molar-refractivity contribution in [2.24, 2.45) is 16.6 Å². The molecule has 0 aromatic rings. The Labute approximate surface area is 177 Å². The van der Waals surface area contributed by atoms with E-state index in [4.69, 9.17) is 5.73 Å². The van der Waals surface area contributed by atoms with Crippen LogP contribution in [0.5, 0.6) is 0 Å². The van der Waals surface area contributed by atoms with E-state index in [1.165, 1.54) is 11.8 Å². The van der Waals surface area contributed by atoms with Crippen molar-refractivity contribution in [2.75, 3.05) is 58.9 Å². The van der Waals surface area contributed by atoms with E-state index in [9.17, 15) is 18.0 Å². The third kappa shape index (κ3) is 7.61. The molecule has 3 N–H and O–H groups in total. The molecule has 0 saturated carbocycles. The number of guanidine groups is 1. The van der Waals surface area contributed by atoms with Crippen LogP contribution in [0.1, 0.15) is 39.5 Å². The highest BCUT2D eigenvalue weighted by Gasteiger charge is 2.41. The minimum atomic E-state index is -4.18. The van der Waals surface area contributed by atoms with Gasteiger partial charge in [0.25, 0.3) is 0 Å². The number of primary amides is 1. The number of piperazine rings is 1. The largest absolute Gasteiger partial charge is 0.403 e. The maximum absolute atomic E-state index is 12.9. The number of nitrogens with one attached hydrogen (secondary N) is 1. The summed E-state index contributed by atoms with van der Waals surface area (Å²) >= 11 is 0. The molecule has 0 aliphatic carbocycles. The molecular weight excluding hydrogens is 397 g/mol. The quantitative estimate of drug-likeness (QED) is 0.344. The molecule has 174 valence electrons.